The number of amidine groups is 1. The second-order valence-corrected chi connectivity index (χ2v) is 5.05. The van der Waals surface area contributed by atoms with Crippen LogP contribution in [0.2, 0.25) is 0 Å². The Bertz CT molecular complexity index is 396. The Kier molecular flexibility index (Phi) is 3.46. The quantitative estimate of drug-likeness (QED) is 0.664. The van der Waals surface area contributed by atoms with Crippen molar-refractivity contribution in [3.05, 3.63) is 0 Å². The van der Waals surface area contributed by atoms with Crippen LogP contribution in [0.3, 0.4) is 0 Å². The number of nitrogens with two attached hydrogens (primary N) is 1. The van der Waals surface area contributed by atoms with E-state index in [1.54, 1.807) is 4.90 Å². The van der Waals surface area contributed by atoms with Crippen LogP contribution in [0.4, 0.5) is 0 Å². The smallest absolute Gasteiger partial charge is 0.258 e. The van der Waals surface area contributed by atoms with Crippen molar-refractivity contribution in [2.45, 2.75) is 18.9 Å². The van der Waals surface area contributed by atoms with Gasteiger partial charge in [-0.1, -0.05) is 11.8 Å². The minimum absolute atomic E-state index is 0.133. The number of nitrogens with zero attached hydrogens (tertiary/aromatic N) is 2. The molecule has 2 heterocycles. The van der Waals surface area contributed by atoms with Gasteiger partial charge in [0.05, 0.1) is 5.75 Å². The average molecular weight is 255 g/mol. The van der Waals surface area contributed by atoms with Gasteiger partial charge in [-0.15, -0.1) is 0 Å². The average Bonchev–Trinajstić information content (AvgIpc) is 2.75. The molecule has 0 aliphatic carbocycles. The van der Waals surface area contributed by atoms with E-state index in [0.717, 1.165) is 6.29 Å². The summed E-state index contributed by atoms with van der Waals surface area (Å²) >= 11 is 1.32. The Morgan fingerprint density at radius 3 is 2.88 bits per heavy atom. The van der Waals surface area contributed by atoms with Gasteiger partial charge in [0.2, 0.25) is 5.91 Å². The van der Waals surface area contributed by atoms with Crippen LogP contribution >= 0.6 is 11.8 Å². The number of rotatable bonds is 2. The SMILES string of the molecule is NC(=O)C1CC(C=O)CCN1C1=NC(=O)CS1. The highest BCUT2D eigenvalue weighted by Gasteiger charge is 2.35. The van der Waals surface area contributed by atoms with Gasteiger partial charge in [-0.2, -0.15) is 4.99 Å². The van der Waals surface area contributed by atoms with Gasteiger partial charge in [-0.25, -0.2) is 0 Å². The lowest BCUT2D eigenvalue weighted by Gasteiger charge is -2.36. The van der Waals surface area contributed by atoms with Crippen molar-refractivity contribution in [2.24, 2.45) is 16.6 Å². The first-order chi connectivity index (χ1) is 8.11. The van der Waals surface area contributed by atoms with Crippen molar-refractivity contribution in [1.29, 1.82) is 0 Å². The van der Waals surface area contributed by atoms with Crippen LogP contribution in [-0.4, -0.2) is 46.5 Å². The second kappa shape index (κ2) is 4.87. The first-order valence-electron chi connectivity index (χ1n) is 5.37. The summed E-state index contributed by atoms with van der Waals surface area (Å²) in [7, 11) is 0. The van der Waals surface area contributed by atoms with E-state index in [1.807, 2.05) is 0 Å². The Balaban J connectivity index is 2.15. The monoisotopic (exact) mass is 255 g/mol. The van der Waals surface area contributed by atoms with E-state index in [9.17, 15) is 14.4 Å². The van der Waals surface area contributed by atoms with Crippen LogP contribution in [0, 0.1) is 5.92 Å². The number of carbonyl (C=O) groups excluding carboxylic acids is 3. The predicted octanol–water partition coefficient (Wildman–Crippen LogP) is -0.619. The molecule has 0 spiro atoms. The van der Waals surface area contributed by atoms with Gasteiger partial charge in [0.1, 0.15) is 12.3 Å². The summed E-state index contributed by atoms with van der Waals surface area (Å²) in [5.74, 6) is -0.481. The number of hydrogen-bond donors (Lipinski definition) is 1. The van der Waals surface area contributed by atoms with Crippen LogP contribution in [-0.2, 0) is 14.4 Å². The number of primary amides is 1. The Morgan fingerprint density at radius 1 is 1.59 bits per heavy atom. The van der Waals surface area contributed by atoms with Crippen molar-refractivity contribution >= 4 is 35.0 Å². The van der Waals surface area contributed by atoms with Gasteiger partial charge in [0.25, 0.3) is 5.91 Å². The van der Waals surface area contributed by atoms with E-state index in [2.05, 4.69) is 4.99 Å². The molecule has 6 nitrogen and oxygen atoms in total. The molecular formula is C10H13N3O3S. The van der Waals surface area contributed by atoms with Crippen molar-refractivity contribution < 1.29 is 14.4 Å². The number of carbonyl (C=O) groups is 3. The summed E-state index contributed by atoms with van der Waals surface area (Å²) in [5, 5.41) is 0.558. The van der Waals surface area contributed by atoms with Crippen LogP contribution < -0.4 is 5.73 Å². The first-order valence-corrected chi connectivity index (χ1v) is 6.36. The van der Waals surface area contributed by atoms with Crippen molar-refractivity contribution in [1.82, 2.24) is 4.90 Å². The molecule has 0 aromatic heterocycles. The third-order valence-corrected chi connectivity index (χ3v) is 3.93. The number of aldehydes is 1. The standard InChI is InChI=1S/C10H13N3O3S/c11-9(16)7-3-6(4-14)1-2-13(7)10-12-8(15)5-17-10/h4,6-7H,1-3,5H2,(H2,11,16). The molecule has 1 fully saturated rings. The molecule has 2 aliphatic heterocycles. The molecule has 2 amide bonds. The van der Waals surface area contributed by atoms with Crippen LogP contribution in [0.5, 0.6) is 0 Å². The van der Waals surface area contributed by atoms with Crippen LogP contribution in [0.15, 0.2) is 4.99 Å². The zero-order valence-corrected chi connectivity index (χ0v) is 9.98. The molecule has 2 N–H and O–H groups in total. The lowest BCUT2D eigenvalue weighted by molar-refractivity contribution is -0.124. The van der Waals surface area contributed by atoms with Crippen molar-refractivity contribution in [3.63, 3.8) is 0 Å². The molecule has 0 saturated carbocycles. The molecule has 7 heteroatoms. The molecule has 0 radical (unpaired) electrons. The summed E-state index contributed by atoms with van der Waals surface area (Å²) in [6.45, 7) is 0.538. The zero-order valence-electron chi connectivity index (χ0n) is 9.17. The lowest BCUT2D eigenvalue weighted by atomic mass is 9.92. The maximum absolute atomic E-state index is 11.4. The largest absolute Gasteiger partial charge is 0.368 e. The van der Waals surface area contributed by atoms with E-state index in [0.29, 0.717) is 30.3 Å². The zero-order chi connectivity index (χ0) is 12.4. The number of aliphatic imine (C=N–C) groups is 1. The fourth-order valence-corrected chi connectivity index (χ4v) is 2.93. The van der Waals surface area contributed by atoms with Gasteiger partial charge >= 0.3 is 0 Å². The number of piperidine rings is 1. The highest BCUT2D eigenvalue weighted by Crippen LogP contribution is 2.27. The molecular weight excluding hydrogens is 242 g/mol. The molecule has 0 aromatic rings. The lowest BCUT2D eigenvalue weighted by Crippen LogP contribution is -2.51. The molecule has 1 saturated heterocycles. The third-order valence-electron chi connectivity index (χ3n) is 2.95. The van der Waals surface area contributed by atoms with Crippen molar-refractivity contribution in [2.75, 3.05) is 12.3 Å². The van der Waals surface area contributed by atoms with E-state index < -0.39 is 11.9 Å². The molecule has 2 unspecified atom stereocenters. The Labute approximate surface area is 103 Å². The van der Waals surface area contributed by atoms with E-state index >= 15 is 0 Å². The molecule has 2 atom stereocenters. The molecule has 0 aromatic carbocycles. The van der Waals surface area contributed by atoms with Gasteiger partial charge in [-0.05, 0) is 12.8 Å². The number of likely N-dealkylation sites (tertiary alicyclic amines) is 1. The van der Waals surface area contributed by atoms with Gasteiger partial charge in [-0.3, -0.25) is 9.59 Å². The van der Waals surface area contributed by atoms with E-state index in [1.165, 1.54) is 11.8 Å². The molecule has 92 valence electrons. The number of amides is 2. The van der Waals surface area contributed by atoms with Crippen LogP contribution in [0.1, 0.15) is 12.8 Å². The summed E-state index contributed by atoms with van der Waals surface area (Å²) in [4.78, 5) is 38.8. The second-order valence-electron chi connectivity index (χ2n) is 4.11. The maximum atomic E-state index is 11.4. The highest BCUT2D eigenvalue weighted by molar-refractivity contribution is 8.14. The maximum Gasteiger partial charge on any atom is 0.258 e. The summed E-state index contributed by atoms with van der Waals surface area (Å²) in [5.41, 5.74) is 5.33. The molecule has 0 bridgehead atoms. The Hall–Kier alpha value is -1.37. The van der Waals surface area contributed by atoms with Gasteiger partial charge < -0.3 is 15.4 Å². The van der Waals surface area contributed by atoms with Gasteiger partial charge in [0.15, 0.2) is 5.17 Å². The third kappa shape index (κ3) is 2.49. The fraction of sp³-hybridized carbons (Fsp3) is 0.600. The minimum atomic E-state index is -0.531. The molecule has 17 heavy (non-hydrogen) atoms. The first kappa shape index (κ1) is 12.1. The number of thioether (sulfide) groups is 1. The predicted molar refractivity (Wildman–Crippen MR) is 63.4 cm³/mol. The Morgan fingerprint density at radius 2 is 2.35 bits per heavy atom. The normalized spacial score (nSPS) is 29.1. The fourth-order valence-electron chi connectivity index (χ4n) is 2.06. The topological polar surface area (TPSA) is 92.8 Å². The van der Waals surface area contributed by atoms with Crippen molar-refractivity contribution in [3.8, 4) is 0 Å². The summed E-state index contributed by atoms with van der Waals surface area (Å²) in [6.07, 6.45) is 1.94. The highest BCUT2D eigenvalue weighted by atomic mass is 32.2. The summed E-state index contributed by atoms with van der Waals surface area (Å²) < 4.78 is 0. The number of hydrogen-bond acceptors (Lipinski definition) is 5. The molecule has 2 rings (SSSR count). The van der Waals surface area contributed by atoms with E-state index in [-0.39, 0.29) is 11.8 Å². The minimum Gasteiger partial charge on any atom is -0.368 e. The summed E-state index contributed by atoms with van der Waals surface area (Å²) in [6, 6.07) is -0.531. The van der Waals surface area contributed by atoms with Crippen LogP contribution in [0.25, 0.3) is 0 Å². The van der Waals surface area contributed by atoms with Gasteiger partial charge in [0, 0.05) is 12.5 Å². The van der Waals surface area contributed by atoms with E-state index in [4.69, 9.17) is 5.73 Å². The molecule has 2 aliphatic rings.